The van der Waals surface area contributed by atoms with Crippen molar-refractivity contribution in [3.05, 3.63) is 88.8 Å². The SMILES string of the molecule is Cc1ccc(/C=C2\Oc3c(ccc(OC(=O)c4cc5ccccc5o4)c3C)C2=O)o1. The summed E-state index contributed by atoms with van der Waals surface area (Å²) in [7, 11) is 0. The average molecular weight is 400 g/mol. The molecule has 1 aliphatic heterocycles. The lowest BCUT2D eigenvalue weighted by atomic mass is 10.1. The third-order valence-corrected chi connectivity index (χ3v) is 4.90. The van der Waals surface area contributed by atoms with Gasteiger partial charge in [-0.15, -0.1) is 0 Å². The standard InChI is InChI=1S/C24H16O6/c1-13-7-8-16(27-13)12-20-22(25)17-9-10-18(14(2)23(17)29-20)30-24(26)21-11-15-5-3-4-6-19(15)28-21/h3-12H,1-2H3/b20-12-. The Kier molecular flexibility index (Phi) is 4.06. The molecule has 2 aromatic heterocycles. The van der Waals surface area contributed by atoms with Crippen LogP contribution in [0.15, 0.2) is 69.2 Å². The number of para-hydroxylation sites is 1. The van der Waals surface area contributed by atoms with Gasteiger partial charge in [-0.25, -0.2) is 4.79 Å². The third-order valence-electron chi connectivity index (χ3n) is 4.90. The predicted molar refractivity (Wildman–Crippen MR) is 109 cm³/mol. The van der Waals surface area contributed by atoms with Crippen molar-refractivity contribution in [1.82, 2.24) is 0 Å². The Bertz CT molecular complexity index is 1320. The summed E-state index contributed by atoms with van der Waals surface area (Å²) in [5, 5.41) is 0.812. The first-order chi connectivity index (χ1) is 14.5. The Labute approximate surface area is 171 Å². The largest absolute Gasteiger partial charge is 0.462 e. The molecule has 0 saturated carbocycles. The van der Waals surface area contributed by atoms with Gasteiger partial charge in [0.1, 0.15) is 28.6 Å². The van der Waals surface area contributed by atoms with E-state index in [0.717, 1.165) is 11.1 Å². The van der Waals surface area contributed by atoms with Crippen LogP contribution < -0.4 is 9.47 Å². The van der Waals surface area contributed by atoms with Crippen LogP contribution in [0.5, 0.6) is 11.5 Å². The minimum atomic E-state index is -0.625. The topological polar surface area (TPSA) is 78.9 Å². The normalized spacial score (nSPS) is 14.2. The molecule has 4 aromatic rings. The average Bonchev–Trinajstić information content (AvgIpc) is 3.43. The molecule has 0 radical (unpaired) electrons. The van der Waals surface area contributed by atoms with Crippen LogP contribution in [0.1, 0.15) is 38.0 Å². The highest BCUT2D eigenvalue weighted by Gasteiger charge is 2.31. The van der Waals surface area contributed by atoms with Crippen molar-refractivity contribution >= 4 is 28.8 Å². The van der Waals surface area contributed by atoms with Gasteiger partial charge in [-0.05, 0) is 50.2 Å². The number of fused-ring (bicyclic) bond motifs is 2. The number of ether oxygens (including phenoxy) is 2. The fourth-order valence-corrected chi connectivity index (χ4v) is 3.37. The Morgan fingerprint density at radius 1 is 1.00 bits per heavy atom. The van der Waals surface area contributed by atoms with E-state index < -0.39 is 5.97 Å². The van der Waals surface area contributed by atoms with Gasteiger partial charge in [-0.1, -0.05) is 18.2 Å². The minimum absolute atomic E-state index is 0.0990. The van der Waals surface area contributed by atoms with E-state index in [-0.39, 0.29) is 17.3 Å². The number of Topliss-reactive ketones (excluding diaryl/α,β-unsaturated/α-hetero) is 1. The molecule has 0 fully saturated rings. The number of benzene rings is 2. The highest BCUT2D eigenvalue weighted by Crippen LogP contribution is 2.39. The summed E-state index contributed by atoms with van der Waals surface area (Å²) in [6.45, 7) is 3.55. The van der Waals surface area contributed by atoms with E-state index in [0.29, 0.717) is 34.0 Å². The van der Waals surface area contributed by atoms with E-state index in [2.05, 4.69) is 0 Å². The number of carbonyl (C=O) groups excluding carboxylic acids is 2. The Morgan fingerprint density at radius 2 is 1.83 bits per heavy atom. The molecular weight excluding hydrogens is 384 g/mol. The summed E-state index contributed by atoms with van der Waals surface area (Å²) >= 11 is 0. The molecule has 0 spiro atoms. The maximum absolute atomic E-state index is 12.7. The second kappa shape index (κ2) is 6.77. The third kappa shape index (κ3) is 2.99. The maximum atomic E-state index is 12.7. The molecule has 3 heterocycles. The molecule has 0 N–H and O–H groups in total. The van der Waals surface area contributed by atoms with E-state index in [9.17, 15) is 9.59 Å². The van der Waals surface area contributed by atoms with E-state index >= 15 is 0 Å². The first-order valence-corrected chi connectivity index (χ1v) is 9.34. The van der Waals surface area contributed by atoms with Gasteiger partial charge in [0.25, 0.3) is 0 Å². The molecule has 30 heavy (non-hydrogen) atoms. The number of allylic oxidation sites excluding steroid dienone is 1. The number of esters is 1. The molecule has 148 valence electrons. The molecule has 6 nitrogen and oxygen atoms in total. The summed E-state index contributed by atoms with van der Waals surface area (Å²) in [4.78, 5) is 25.2. The highest BCUT2D eigenvalue weighted by molar-refractivity contribution is 6.14. The Hall–Kier alpha value is -4.06. The fourth-order valence-electron chi connectivity index (χ4n) is 3.37. The number of rotatable bonds is 3. The number of ketones is 1. The van der Waals surface area contributed by atoms with Crippen molar-refractivity contribution in [1.29, 1.82) is 0 Å². The van der Waals surface area contributed by atoms with E-state index in [1.807, 2.05) is 25.1 Å². The number of hydrogen-bond acceptors (Lipinski definition) is 6. The van der Waals surface area contributed by atoms with Gasteiger partial charge in [0, 0.05) is 17.0 Å². The van der Waals surface area contributed by atoms with Crippen LogP contribution in [-0.2, 0) is 0 Å². The van der Waals surface area contributed by atoms with Crippen LogP contribution in [0.2, 0.25) is 0 Å². The molecule has 2 aromatic carbocycles. The van der Waals surface area contributed by atoms with Crippen LogP contribution in [-0.4, -0.2) is 11.8 Å². The summed E-state index contributed by atoms with van der Waals surface area (Å²) in [5.74, 6) is 1.30. The molecule has 0 saturated heterocycles. The zero-order valence-electron chi connectivity index (χ0n) is 16.2. The monoisotopic (exact) mass is 400 g/mol. The van der Waals surface area contributed by atoms with Crippen molar-refractivity contribution in [3.63, 3.8) is 0 Å². The summed E-state index contributed by atoms with van der Waals surface area (Å²) in [6.07, 6.45) is 1.55. The number of aryl methyl sites for hydroxylation is 1. The number of furan rings is 2. The molecule has 0 aliphatic carbocycles. The van der Waals surface area contributed by atoms with E-state index in [1.165, 1.54) is 0 Å². The van der Waals surface area contributed by atoms with Crippen molar-refractivity contribution in [2.75, 3.05) is 0 Å². The van der Waals surface area contributed by atoms with Gasteiger partial charge < -0.3 is 18.3 Å². The molecular formula is C24H16O6. The molecule has 0 bridgehead atoms. The van der Waals surface area contributed by atoms with Gasteiger partial charge in [0.15, 0.2) is 5.76 Å². The van der Waals surface area contributed by atoms with E-state index in [4.69, 9.17) is 18.3 Å². The lowest BCUT2D eigenvalue weighted by molar-refractivity contribution is 0.0702. The van der Waals surface area contributed by atoms with Crippen LogP contribution in [0.25, 0.3) is 17.0 Å². The zero-order chi connectivity index (χ0) is 20.8. The molecule has 0 atom stereocenters. The fraction of sp³-hybridized carbons (Fsp3) is 0.0833. The quantitative estimate of drug-likeness (QED) is 0.257. The van der Waals surface area contributed by atoms with Crippen molar-refractivity contribution in [3.8, 4) is 11.5 Å². The molecule has 5 rings (SSSR count). The van der Waals surface area contributed by atoms with Gasteiger partial charge in [-0.2, -0.15) is 0 Å². The lowest BCUT2D eigenvalue weighted by Crippen LogP contribution is -2.08. The van der Waals surface area contributed by atoms with Crippen molar-refractivity contribution < 1.29 is 27.9 Å². The number of carbonyl (C=O) groups is 2. The van der Waals surface area contributed by atoms with Gasteiger partial charge in [-0.3, -0.25) is 4.79 Å². The van der Waals surface area contributed by atoms with Crippen molar-refractivity contribution in [2.24, 2.45) is 0 Å². The molecule has 0 amide bonds. The summed E-state index contributed by atoms with van der Waals surface area (Å²) < 4.78 is 22.3. The van der Waals surface area contributed by atoms with Crippen LogP contribution in [0.3, 0.4) is 0 Å². The minimum Gasteiger partial charge on any atom is -0.462 e. The van der Waals surface area contributed by atoms with Crippen molar-refractivity contribution in [2.45, 2.75) is 13.8 Å². The number of hydrogen-bond donors (Lipinski definition) is 0. The maximum Gasteiger partial charge on any atom is 0.379 e. The second-order valence-corrected chi connectivity index (χ2v) is 6.99. The van der Waals surface area contributed by atoms with Crippen LogP contribution >= 0.6 is 0 Å². The second-order valence-electron chi connectivity index (χ2n) is 6.99. The molecule has 1 aliphatic rings. The molecule has 6 heteroatoms. The summed E-state index contributed by atoms with van der Waals surface area (Å²) in [5.41, 5.74) is 1.56. The lowest BCUT2D eigenvalue weighted by Gasteiger charge is -2.09. The Balaban J connectivity index is 1.43. The van der Waals surface area contributed by atoms with Gasteiger partial charge in [0.2, 0.25) is 11.5 Å². The van der Waals surface area contributed by atoms with Gasteiger partial charge in [0.05, 0.1) is 5.56 Å². The predicted octanol–water partition coefficient (Wildman–Crippen LogP) is 5.48. The van der Waals surface area contributed by atoms with Crippen LogP contribution in [0.4, 0.5) is 0 Å². The van der Waals surface area contributed by atoms with E-state index in [1.54, 1.807) is 49.4 Å². The first kappa shape index (κ1) is 18.0. The van der Waals surface area contributed by atoms with Crippen LogP contribution in [0, 0.1) is 13.8 Å². The zero-order valence-corrected chi connectivity index (χ0v) is 16.2. The summed E-state index contributed by atoms with van der Waals surface area (Å²) in [6, 6.07) is 15.7. The smallest absolute Gasteiger partial charge is 0.379 e. The molecule has 0 unspecified atom stereocenters. The Morgan fingerprint density at radius 3 is 2.60 bits per heavy atom. The van der Waals surface area contributed by atoms with Gasteiger partial charge >= 0.3 is 5.97 Å². The first-order valence-electron chi connectivity index (χ1n) is 9.34. The highest BCUT2D eigenvalue weighted by atomic mass is 16.5.